The first-order valence-corrected chi connectivity index (χ1v) is 6.65. The van der Waals surface area contributed by atoms with Crippen LogP contribution in [-0.2, 0) is 6.54 Å². The van der Waals surface area contributed by atoms with E-state index in [4.69, 9.17) is 5.73 Å². The third-order valence-corrected chi connectivity index (χ3v) is 4.18. The van der Waals surface area contributed by atoms with Crippen LogP contribution >= 0.6 is 23.1 Å². The van der Waals surface area contributed by atoms with Gasteiger partial charge in [-0.15, -0.1) is 11.3 Å². The fourth-order valence-electron chi connectivity index (χ4n) is 1.27. The summed E-state index contributed by atoms with van der Waals surface area (Å²) in [6.07, 6.45) is 0. The number of thiazole rings is 1. The van der Waals surface area contributed by atoms with Crippen molar-refractivity contribution < 1.29 is 0 Å². The Morgan fingerprint density at radius 1 is 1.25 bits per heavy atom. The Bertz CT molecular complexity index is 494. The van der Waals surface area contributed by atoms with E-state index < -0.39 is 0 Å². The molecule has 2 N–H and O–H groups in total. The molecule has 0 spiro atoms. The molecule has 2 rings (SSSR count). The molecule has 2 aromatic rings. The number of pyridine rings is 1. The van der Waals surface area contributed by atoms with E-state index in [1.807, 2.05) is 31.4 Å². The third kappa shape index (κ3) is 2.61. The zero-order chi connectivity index (χ0) is 11.5. The fraction of sp³-hybridized carbons (Fsp3) is 0.273. The average Bonchev–Trinajstić information content (AvgIpc) is 2.64. The van der Waals surface area contributed by atoms with Crippen molar-refractivity contribution in [1.82, 2.24) is 9.97 Å². The number of hydrogen-bond donors (Lipinski definition) is 1. The molecule has 0 aliphatic rings. The van der Waals surface area contributed by atoms with Gasteiger partial charge in [-0.05, 0) is 37.2 Å². The van der Waals surface area contributed by atoms with Gasteiger partial charge in [-0.1, -0.05) is 6.07 Å². The van der Waals surface area contributed by atoms with Crippen molar-refractivity contribution in [2.75, 3.05) is 0 Å². The molecular weight excluding hydrogens is 238 g/mol. The molecular formula is C11H13N3S2. The summed E-state index contributed by atoms with van der Waals surface area (Å²) in [7, 11) is 0. The Balaban J connectivity index is 2.29. The van der Waals surface area contributed by atoms with Gasteiger partial charge in [0.15, 0.2) is 4.34 Å². The van der Waals surface area contributed by atoms with Crippen molar-refractivity contribution in [3.8, 4) is 0 Å². The summed E-state index contributed by atoms with van der Waals surface area (Å²) in [4.78, 5) is 8.91. The second-order valence-corrected chi connectivity index (χ2v) is 5.57. The molecule has 0 aliphatic heterocycles. The molecule has 0 radical (unpaired) electrons. The standard InChI is InChI=1S/C11H13N3S2/c1-7-3-4-9(5-12)10(13-7)16-11-14-8(2)6-15-11/h3-4,6H,5,12H2,1-2H3. The van der Waals surface area contributed by atoms with Crippen LogP contribution in [0, 0.1) is 13.8 Å². The Morgan fingerprint density at radius 2 is 2.06 bits per heavy atom. The molecule has 0 saturated heterocycles. The summed E-state index contributed by atoms with van der Waals surface area (Å²) in [6, 6.07) is 4.02. The van der Waals surface area contributed by atoms with Gasteiger partial charge in [0.25, 0.3) is 0 Å². The molecule has 2 heterocycles. The van der Waals surface area contributed by atoms with Crippen LogP contribution in [0.2, 0.25) is 0 Å². The zero-order valence-electron chi connectivity index (χ0n) is 9.23. The van der Waals surface area contributed by atoms with Crippen molar-refractivity contribution >= 4 is 23.1 Å². The average molecular weight is 251 g/mol. The summed E-state index contributed by atoms with van der Waals surface area (Å²) in [5.41, 5.74) is 8.82. The monoisotopic (exact) mass is 251 g/mol. The molecule has 0 atom stereocenters. The van der Waals surface area contributed by atoms with Crippen LogP contribution in [0.4, 0.5) is 0 Å². The molecule has 0 unspecified atom stereocenters. The second kappa shape index (κ2) is 4.95. The van der Waals surface area contributed by atoms with Gasteiger partial charge < -0.3 is 5.73 Å². The molecule has 0 saturated carbocycles. The van der Waals surface area contributed by atoms with Gasteiger partial charge in [0.1, 0.15) is 5.03 Å². The van der Waals surface area contributed by atoms with Gasteiger partial charge in [0.05, 0.1) is 0 Å². The number of hydrogen-bond acceptors (Lipinski definition) is 5. The quantitative estimate of drug-likeness (QED) is 0.911. The van der Waals surface area contributed by atoms with E-state index in [1.54, 1.807) is 23.1 Å². The molecule has 16 heavy (non-hydrogen) atoms. The number of aryl methyl sites for hydroxylation is 2. The third-order valence-electron chi connectivity index (χ3n) is 2.08. The lowest BCUT2D eigenvalue weighted by atomic mass is 10.2. The highest BCUT2D eigenvalue weighted by atomic mass is 32.2. The first kappa shape index (κ1) is 11.6. The molecule has 5 heteroatoms. The lowest BCUT2D eigenvalue weighted by Crippen LogP contribution is -2.00. The number of nitrogens with zero attached hydrogens (tertiary/aromatic N) is 2. The van der Waals surface area contributed by atoms with Gasteiger partial charge in [-0.25, -0.2) is 9.97 Å². The van der Waals surface area contributed by atoms with Crippen LogP contribution in [0.25, 0.3) is 0 Å². The summed E-state index contributed by atoms with van der Waals surface area (Å²) in [6.45, 7) is 4.49. The van der Waals surface area contributed by atoms with E-state index in [0.717, 1.165) is 26.3 Å². The minimum absolute atomic E-state index is 0.514. The minimum atomic E-state index is 0.514. The Hall–Kier alpha value is -0.910. The molecule has 0 aliphatic carbocycles. The predicted octanol–water partition coefficient (Wildman–Crippen LogP) is 2.76. The Kier molecular flexibility index (Phi) is 3.58. The smallest absolute Gasteiger partial charge is 0.156 e. The highest BCUT2D eigenvalue weighted by molar-refractivity contribution is 8.01. The first-order valence-electron chi connectivity index (χ1n) is 4.95. The summed E-state index contributed by atoms with van der Waals surface area (Å²) >= 11 is 3.23. The van der Waals surface area contributed by atoms with Crippen LogP contribution < -0.4 is 5.73 Å². The van der Waals surface area contributed by atoms with Crippen molar-refractivity contribution in [2.24, 2.45) is 5.73 Å². The van der Waals surface area contributed by atoms with Gasteiger partial charge >= 0.3 is 0 Å². The van der Waals surface area contributed by atoms with Crippen molar-refractivity contribution in [1.29, 1.82) is 0 Å². The minimum Gasteiger partial charge on any atom is -0.326 e. The predicted molar refractivity (Wildman–Crippen MR) is 67.8 cm³/mol. The van der Waals surface area contributed by atoms with Gasteiger partial charge in [0, 0.05) is 23.3 Å². The molecule has 84 valence electrons. The molecule has 3 nitrogen and oxygen atoms in total. The van der Waals surface area contributed by atoms with Crippen LogP contribution in [0.1, 0.15) is 17.0 Å². The van der Waals surface area contributed by atoms with Crippen LogP contribution in [0.15, 0.2) is 26.9 Å². The fourth-order valence-corrected chi connectivity index (χ4v) is 3.19. The Morgan fingerprint density at radius 3 is 2.69 bits per heavy atom. The van der Waals surface area contributed by atoms with Crippen molar-refractivity contribution in [3.63, 3.8) is 0 Å². The van der Waals surface area contributed by atoms with E-state index in [1.165, 1.54) is 0 Å². The van der Waals surface area contributed by atoms with E-state index in [-0.39, 0.29) is 0 Å². The van der Waals surface area contributed by atoms with Gasteiger partial charge in [0.2, 0.25) is 0 Å². The lowest BCUT2D eigenvalue weighted by Gasteiger charge is -2.05. The normalized spacial score (nSPS) is 10.7. The van der Waals surface area contributed by atoms with E-state index in [2.05, 4.69) is 9.97 Å². The summed E-state index contributed by atoms with van der Waals surface area (Å²) in [5.74, 6) is 0. The molecule has 0 bridgehead atoms. The number of rotatable bonds is 3. The largest absolute Gasteiger partial charge is 0.326 e. The highest BCUT2D eigenvalue weighted by Gasteiger charge is 2.08. The van der Waals surface area contributed by atoms with Gasteiger partial charge in [-0.2, -0.15) is 0 Å². The maximum atomic E-state index is 5.69. The number of aromatic nitrogens is 2. The summed E-state index contributed by atoms with van der Waals surface area (Å²) in [5, 5.41) is 3.01. The topological polar surface area (TPSA) is 51.8 Å². The highest BCUT2D eigenvalue weighted by Crippen LogP contribution is 2.31. The zero-order valence-corrected chi connectivity index (χ0v) is 10.9. The Labute approximate surface area is 103 Å². The molecule has 0 amide bonds. The van der Waals surface area contributed by atoms with E-state index in [0.29, 0.717) is 6.54 Å². The molecule has 0 aromatic carbocycles. The maximum absolute atomic E-state index is 5.69. The van der Waals surface area contributed by atoms with Crippen LogP contribution in [0.5, 0.6) is 0 Å². The van der Waals surface area contributed by atoms with E-state index in [9.17, 15) is 0 Å². The lowest BCUT2D eigenvalue weighted by molar-refractivity contribution is 0.940. The molecule has 0 fully saturated rings. The van der Waals surface area contributed by atoms with Crippen LogP contribution in [0.3, 0.4) is 0 Å². The van der Waals surface area contributed by atoms with Crippen molar-refractivity contribution in [2.45, 2.75) is 29.8 Å². The van der Waals surface area contributed by atoms with Crippen molar-refractivity contribution in [3.05, 3.63) is 34.5 Å². The van der Waals surface area contributed by atoms with Crippen LogP contribution in [-0.4, -0.2) is 9.97 Å². The summed E-state index contributed by atoms with van der Waals surface area (Å²) < 4.78 is 1.02. The SMILES string of the molecule is Cc1csc(Sc2nc(C)ccc2CN)n1. The first-order chi connectivity index (χ1) is 7.69. The maximum Gasteiger partial charge on any atom is 0.156 e. The number of nitrogens with two attached hydrogens (primary N) is 1. The van der Waals surface area contributed by atoms with Gasteiger partial charge in [-0.3, -0.25) is 0 Å². The molecule has 2 aromatic heterocycles. The second-order valence-electron chi connectivity index (χ2n) is 3.48. The van der Waals surface area contributed by atoms with E-state index >= 15 is 0 Å².